The largest absolute Gasteiger partial charge is 0.497 e. The second-order valence-electron chi connectivity index (χ2n) is 6.19. The molecular weight excluding hydrogens is 324 g/mol. The lowest BCUT2D eigenvalue weighted by Gasteiger charge is -2.12. The second kappa shape index (κ2) is 7.48. The molecule has 2 aromatic carbocycles. The molecule has 4 heteroatoms. The number of carbonyl (C=O) groups excluding carboxylic acids is 1. The Labute approximate surface area is 153 Å². The van der Waals surface area contributed by atoms with E-state index < -0.39 is 0 Å². The van der Waals surface area contributed by atoms with Crippen molar-refractivity contribution in [3.05, 3.63) is 65.4 Å². The Morgan fingerprint density at radius 2 is 1.58 bits per heavy atom. The zero-order valence-electron chi connectivity index (χ0n) is 15.5. The van der Waals surface area contributed by atoms with E-state index in [0.717, 1.165) is 23.3 Å². The minimum atomic E-state index is -0.0406. The molecular formula is C22H22N2O2. The number of methoxy groups -OCH3 is 1. The van der Waals surface area contributed by atoms with E-state index in [2.05, 4.69) is 24.0 Å². The third kappa shape index (κ3) is 3.49. The summed E-state index contributed by atoms with van der Waals surface area (Å²) in [5.74, 6) is 1.35. The SMILES string of the molecule is CCc1ccc(-c2nc(C)c(C(C)=O)c(-c3ccc(OC)cc3)n2)cc1. The van der Waals surface area contributed by atoms with Gasteiger partial charge in [-0.1, -0.05) is 31.2 Å². The Kier molecular flexibility index (Phi) is 5.12. The number of Topliss-reactive ketones (excluding diaryl/α,β-unsaturated/α-hetero) is 1. The summed E-state index contributed by atoms with van der Waals surface area (Å²) in [7, 11) is 1.63. The third-order valence-corrected chi connectivity index (χ3v) is 4.43. The lowest BCUT2D eigenvalue weighted by Crippen LogP contribution is -2.07. The first kappa shape index (κ1) is 17.8. The van der Waals surface area contributed by atoms with Crippen molar-refractivity contribution in [3.8, 4) is 28.4 Å². The number of aryl methyl sites for hydroxylation is 2. The number of nitrogens with zero attached hydrogens (tertiary/aromatic N) is 2. The van der Waals surface area contributed by atoms with Crippen LogP contribution in [-0.4, -0.2) is 22.9 Å². The highest BCUT2D eigenvalue weighted by Crippen LogP contribution is 2.28. The van der Waals surface area contributed by atoms with Gasteiger partial charge in [0, 0.05) is 11.1 Å². The summed E-state index contributed by atoms with van der Waals surface area (Å²) in [5.41, 5.74) is 4.98. The molecule has 3 aromatic rings. The van der Waals surface area contributed by atoms with Crippen molar-refractivity contribution >= 4 is 5.78 Å². The van der Waals surface area contributed by atoms with Crippen molar-refractivity contribution < 1.29 is 9.53 Å². The fraction of sp³-hybridized carbons (Fsp3) is 0.227. The van der Waals surface area contributed by atoms with Crippen molar-refractivity contribution in [2.75, 3.05) is 7.11 Å². The maximum absolute atomic E-state index is 12.2. The summed E-state index contributed by atoms with van der Waals surface area (Å²) >= 11 is 0. The third-order valence-electron chi connectivity index (χ3n) is 4.43. The molecule has 0 aliphatic rings. The molecule has 0 unspecified atom stereocenters. The van der Waals surface area contributed by atoms with Crippen molar-refractivity contribution in [1.82, 2.24) is 9.97 Å². The van der Waals surface area contributed by atoms with Gasteiger partial charge in [0.15, 0.2) is 11.6 Å². The number of aromatic nitrogens is 2. The van der Waals surface area contributed by atoms with Gasteiger partial charge in [-0.3, -0.25) is 4.79 Å². The van der Waals surface area contributed by atoms with E-state index in [1.165, 1.54) is 5.56 Å². The average molecular weight is 346 g/mol. The predicted molar refractivity (Wildman–Crippen MR) is 104 cm³/mol. The monoisotopic (exact) mass is 346 g/mol. The first-order valence-electron chi connectivity index (χ1n) is 8.66. The Balaban J connectivity index is 2.16. The molecule has 0 fully saturated rings. The van der Waals surface area contributed by atoms with Gasteiger partial charge in [0.25, 0.3) is 0 Å². The van der Waals surface area contributed by atoms with Crippen LogP contribution in [0.4, 0.5) is 0 Å². The molecule has 0 saturated heterocycles. The zero-order chi connectivity index (χ0) is 18.7. The summed E-state index contributed by atoms with van der Waals surface area (Å²) in [6.07, 6.45) is 0.987. The molecule has 0 radical (unpaired) electrons. The molecule has 0 amide bonds. The Morgan fingerprint density at radius 1 is 0.962 bits per heavy atom. The van der Waals surface area contributed by atoms with Crippen molar-refractivity contribution in [2.45, 2.75) is 27.2 Å². The van der Waals surface area contributed by atoms with Gasteiger partial charge >= 0.3 is 0 Å². The van der Waals surface area contributed by atoms with Gasteiger partial charge < -0.3 is 4.74 Å². The van der Waals surface area contributed by atoms with Crippen LogP contribution in [0.3, 0.4) is 0 Å². The molecule has 0 aliphatic carbocycles. The molecule has 0 N–H and O–H groups in total. The van der Waals surface area contributed by atoms with Crippen LogP contribution in [0.15, 0.2) is 48.5 Å². The Bertz CT molecular complexity index is 930. The van der Waals surface area contributed by atoms with Crippen LogP contribution in [0.2, 0.25) is 0 Å². The number of benzene rings is 2. The fourth-order valence-electron chi connectivity index (χ4n) is 2.97. The van der Waals surface area contributed by atoms with Crippen LogP contribution in [0.5, 0.6) is 5.75 Å². The second-order valence-corrected chi connectivity index (χ2v) is 6.19. The van der Waals surface area contributed by atoms with E-state index in [9.17, 15) is 4.79 Å². The molecule has 0 bridgehead atoms. The topological polar surface area (TPSA) is 52.1 Å². The minimum absolute atomic E-state index is 0.0406. The van der Waals surface area contributed by atoms with E-state index >= 15 is 0 Å². The zero-order valence-corrected chi connectivity index (χ0v) is 15.5. The molecule has 0 saturated carbocycles. The molecule has 0 spiro atoms. The van der Waals surface area contributed by atoms with Crippen LogP contribution in [0, 0.1) is 6.92 Å². The smallest absolute Gasteiger partial charge is 0.163 e. The number of carbonyl (C=O) groups is 1. The lowest BCUT2D eigenvalue weighted by molar-refractivity contribution is 0.101. The first-order valence-corrected chi connectivity index (χ1v) is 8.66. The van der Waals surface area contributed by atoms with E-state index in [0.29, 0.717) is 22.8 Å². The fourth-order valence-corrected chi connectivity index (χ4v) is 2.97. The van der Waals surface area contributed by atoms with Gasteiger partial charge in [0.1, 0.15) is 5.75 Å². The molecule has 1 heterocycles. The number of hydrogen-bond acceptors (Lipinski definition) is 4. The number of rotatable bonds is 5. The van der Waals surface area contributed by atoms with Gasteiger partial charge in [0.2, 0.25) is 0 Å². The highest BCUT2D eigenvalue weighted by Gasteiger charge is 2.18. The Hall–Kier alpha value is -3.01. The molecule has 0 aliphatic heterocycles. The van der Waals surface area contributed by atoms with Crippen molar-refractivity contribution in [1.29, 1.82) is 0 Å². The molecule has 0 atom stereocenters. The minimum Gasteiger partial charge on any atom is -0.497 e. The predicted octanol–water partition coefficient (Wildman–Crippen LogP) is 4.89. The van der Waals surface area contributed by atoms with Gasteiger partial charge in [-0.25, -0.2) is 9.97 Å². The van der Waals surface area contributed by atoms with Gasteiger partial charge in [-0.05, 0) is 50.1 Å². The van der Waals surface area contributed by atoms with Gasteiger partial charge in [-0.15, -0.1) is 0 Å². The maximum atomic E-state index is 12.2. The quantitative estimate of drug-likeness (QED) is 0.617. The summed E-state index contributed by atoms with van der Waals surface area (Å²) in [6, 6.07) is 15.8. The van der Waals surface area contributed by atoms with E-state index in [-0.39, 0.29) is 5.78 Å². The summed E-state index contributed by atoms with van der Waals surface area (Å²) < 4.78 is 5.22. The summed E-state index contributed by atoms with van der Waals surface area (Å²) in [6.45, 7) is 5.53. The number of ketones is 1. The Morgan fingerprint density at radius 3 is 2.12 bits per heavy atom. The molecule has 26 heavy (non-hydrogen) atoms. The molecule has 3 rings (SSSR count). The normalized spacial score (nSPS) is 10.6. The van der Waals surface area contributed by atoms with Crippen LogP contribution in [0.1, 0.15) is 35.5 Å². The average Bonchev–Trinajstić information content (AvgIpc) is 2.67. The standard InChI is InChI=1S/C22H22N2O2/c1-5-16-6-8-18(9-7-16)22-23-14(2)20(15(3)25)21(24-22)17-10-12-19(26-4)13-11-17/h6-13H,5H2,1-4H3. The van der Waals surface area contributed by atoms with Crippen molar-refractivity contribution in [3.63, 3.8) is 0 Å². The van der Waals surface area contributed by atoms with Crippen LogP contribution < -0.4 is 4.74 Å². The molecule has 1 aromatic heterocycles. The van der Waals surface area contributed by atoms with Crippen LogP contribution >= 0.6 is 0 Å². The van der Waals surface area contributed by atoms with Crippen LogP contribution in [0.25, 0.3) is 22.6 Å². The summed E-state index contributed by atoms with van der Waals surface area (Å²) in [5, 5.41) is 0. The maximum Gasteiger partial charge on any atom is 0.163 e. The van der Waals surface area contributed by atoms with E-state index in [4.69, 9.17) is 9.72 Å². The molecule has 132 valence electrons. The lowest BCUT2D eigenvalue weighted by atomic mass is 10.0. The summed E-state index contributed by atoms with van der Waals surface area (Å²) in [4.78, 5) is 21.5. The molecule has 4 nitrogen and oxygen atoms in total. The van der Waals surface area contributed by atoms with Gasteiger partial charge in [0.05, 0.1) is 24.1 Å². The first-order chi connectivity index (χ1) is 12.5. The number of ether oxygens (including phenoxy) is 1. The highest BCUT2D eigenvalue weighted by atomic mass is 16.5. The van der Waals surface area contributed by atoms with E-state index in [1.54, 1.807) is 14.0 Å². The van der Waals surface area contributed by atoms with Crippen LogP contribution in [-0.2, 0) is 6.42 Å². The number of hydrogen-bond donors (Lipinski definition) is 0. The highest BCUT2D eigenvalue weighted by molar-refractivity contribution is 6.01. The van der Waals surface area contributed by atoms with E-state index in [1.807, 2.05) is 43.3 Å². The van der Waals surface area contributed by atoms with Crippen molar-refractivity contribution in [2.24, 2.45) is 0 Å². The van der Waals surface area contributed by atoms with Gasteiger partial charge in [-0.2, -0.15) is 0 Å².